The van der Waals surface area contributed by atoms with Crippen molar-refractivity contribution in [2.75, 3.05) is 20.8 Å². The van der Waals surface area contributed by atoms with E-state index in [1.165, 1.54) is 20.3 Å². The zero-order chi connectivity index (χ0) is 15.7. The Balaban J connectivity index is 2.38. The molecule has 0 saturated heterocycles. The van der Waals surface area contributed by atoms with Gasteiger partial charge < -0.3 is 19.3 Å². The van der Waals surface area contributed by atoms with E-state index in [4.69, 9.17) is 9.47 Å². The molecule has 21 heavy (non-hydrogen) atoms. The van der Waals surface area contributed by atoms with Crippen LogP contribution >= 0.6 is 0 Å². The minimum atomic E-state index is -0.465. The highest BCUT2D eigenvalue weighted by molar-refractivity contribution is 5.77. The van der Waals surface area contributed by atoms with Crippen molar-refractivity contribution in [3.05, 3.63) is 29.8 Å². The fraction of sp³-hybridized carbons (Fsp3) is 0.333. The number of rotatable bonds is 7. The molecule has 1 aromatic carbocycles. The smallest absolute Gasteiger partial charge is 0.306 e. The largest absolute Gasteiger partial charge is 0.504 e. The summed E-state index contributed by atoms with van der Waals surface area (Å²) in [7, 11) is 2.73. The highest BCUT2D eigenvalue weighted by atomic mass is 16.5. The van der Waals surface area contributed by atoms with Gasteiger partial charge in [-0.3, -0.25) is 9.59 Å². The van der Waals surface area contributed by atoms with Crippen molar-refractivity contribution in [1.29, 1.82) is 0 Å². The summed E-state index contributed by atoms with van der Waals surface area (Å²) in [6, 6.07) is 4.87. The van der Waals surface area contributed by atoms with Crippen LogP contribution in [0.3, 0.4) is 0 Å². The molecule has 0 amide bonds. The molecule has 1 aromatic rings. The van der Waals surface area contributed by atoms with Gasteiger partial charge in [-0.2, -0.15) is 0 Å². The first kappa shape index (κ1) is 16.6. The van der Waals surface area contributed by atoms with Gasteiger partial charge >= 0.3 is 11.9 Å². The molecule has 0 fully saturated rings. The van der Waals surface area contributed by atoms with Crippen LogP contribution in [0, 0.1) is 0 Å². The van der Waals surface area contributed by atoms with Crippen molar-refractivity contribution >= 4 is 18.0 Å². The summed E-state index contributed by atoms with van der Waals surface area (Å²) in [4.78, 5) is 22.1. The lowest BCUT2D eigenvalue weighted by atomic mass is 10.2. The second-order valence-electron chi connectivity index (χ2n) is 4.09. The Morgan fingerprint density at radius 2 is 1.90 bits per heavy atom. The number of carbonyl (C=O) groups is 2. The van der Waals surface area contributed by atoms with Gasteiger partial charge in [0.15, 0.2) is 11.5 Å². The maximum atomic E-state index is 11.3. The van der Waals surface area contributed by atoms with E-state index in [0.717, 1.165) is 5.56 Å². The Labute approximate surface area is 122 Å². The minimum absolute atomic E-state index is 0.00640. The number of benzene rings is 1. The summed E-state index contributed by atoms with van der Waals surface area (Å²) in [6.45, 7) is 0.100. The van der Waals surface area contributed by atoms with Crippen LogP contribution in [0.2, 0.25) is 0 Å². The molecule has 0 radical (unpaired) electrons. The summed E-state index contributed by atoms with van der Waals surface area (Å²) in [5.74, 6) is -0.483. The highest BCUT2D eigenvalue weighted by Crippen LogP contribution is 2.26. The molecule has 0 spiro atoms. The van der Waals surface area contributed by atoms with E-state index in [1.54, 1.807) is 24.3 Å². The molecule has 6 heteroatoms. The average Bonchev–Trinajstić information content (AvgIpc) is 2.50. The Kier molecular flexibility index (Phi) is 6.80. The molecular formula is C15H18O6. The van der Waals surface area contributed by atoms with Gasteiger partial charge in [-0.05, 0) is 23.8 Å². The number of phenolic OH excluding ortho intramolecular Hbond substituents is 1. The van der Waals surface area contributed by atoms with Gasteiger partial charge in [0, 0.05) is 0 Å². The first-order chi connectivity index (χ1) is 10.1. The molecule has 0 aliphatic carbocycles. The Hall–Kier alpha value is -2.50. The molecule has 0 bridgehead atoms. The normalized spacial score (nSPS) is 10.4. The minimum Gasteiger partial charge on any atom is -0.504 e. The highest BCUT2D eigenvalue weighted by Gasteiger charge is 2.06. The topological polar surface area (TPSA) is 82.1 Å². The van der Waals surface area contributed by atoms with Crippen LogP contribution in [-0.4, -0.2) is 37.9 Å². The molecule has 0 aromatic heterocycles. The summed E-state index contributed by atoms with van der Waals surface area (Å²) < 4.78 is 14.3. The van der Waals surface area contributed by atoms with Gasteiger partial charge in [-0.1, -0.05) is 12.1 Å². The fourth-order valence-corrected chi connectivity index (χ4v) is 1.50. The molecule has 0 atom stereocenters. The van der Waals surface area contributed by atoms with E-state index in [9.17, 15) is 14.7 Å². The van der Waals surface area contributed by atoms with Gasteiger partial charge in [-0.25, -0.2) is 0 Å². The van der Waals surface area contributed by atoms with Crippen LogP contribution in [0.1, 0.15) is 18.4 Å². The Morgan fingerprint density at radius 1 is 1.19 bits per heavy atom. The van der Waals surface area contributed by atoms with Crippen molar-refractivity contribution in [2.24, 2.45) is 0 Å². The molecule has 0 aliphatic heterocycles. The lowest BCUT2D eigenvalue weighted by Gasteiger charge is -2.04. The Bertz CT molecular complexity index is 521. The maximum Gasteiger partial charge on any atom is 0.306 e. The number of ether oxygens (including phenoxy) is 3. The van der Waals surface area contributed by atoms with Crippen LogP contribution in [0.25, 0.3) is 6.08 Å². The fourth-order valence-electron chi connectivity index (χ4n) is 1.50. The molecule has 6 nitrogen and oxygen atoms in total. The van der Waals surface area contributed by atoms with Crippen LogP contribution in [0.5, 0.6) is 11.5 Å². The van der Waals surface area contributed by atoms with E-state index < -0.39 is 11.9 Å². The molecule has 114 valence electrons. The molecule has 1 rings (SSSR count). The zero-order valence-corrected chi connectivity index (χ0v) is 12.0. The number of hydrogen-bond acceptors (Lipinski definition) is 6. The summed E-state index contributed by atoms with van der Waals surface area (Å²) in [5, 5.41) is 9.45. The van der Waals surface area contributed by atoms with Crippen molar-refractivity contribution in [1.82, 2.24) is 0 Å². The number of aromatic hydroxyl groups is 1. The number of phenols is 1. The number of methoxy groups -OCH3 is 2. The number of esters is 2. The van der Waals surface area contributed by atoms with E-state index in [0.29, 0.717) is 5.75 Å². The molecular weight excluding hydrogens is 276 g/mol. The van der Waals surface area contributed by atoms with Gasteiger partial charge in [0.1, 0.15) is 6.61 Å². The van der Waals surface area contributed by atoms with Gasteiger partial charge in [0.05, 0.1) is 27.1 Å². The Morgan fingerprint density at radius 3 is 2.57 bits per heavy atom. The van der Waals surface area contributed by atoms with Crippen molar-refractivity contribution in [2.45, 2.75) is 12.8 Å². The predicted molar refractivity (Wildman–Crippen MR) is 75.9 cm³/mol. The SMILES string of the molecule is COC(=O)CCC(=O)OCC=Cc1ccc(O)c(OC)c1. The lowest BCUT2D eigenvalue weighted by Crippen LogP contribution is -2.08. The van der Waals surface area contributed by atoms with E-state index in [1.807, 2.05) is 0 Å². The quantitative estimate of drug-likeness (QED) is 0.774. The predicted octanol–water partition coefficient (Wildman–Crippen LogP) is 1.91. The van der Waals surface area contributed by atoms with E-state index in [-0.39, 0.29) is 25.2 Å². The van der Waals surface area contributed by atoms with Crippen LogP contribution in [-0.2, 0) is 19.1 Å². The monoisotopic (exact) mass is 294 g/mol. The first-order valence-electron chi connectivity index (χ1n) is 6.32. The summed E-state index contributed by atoms with van der Waals surface area (Å²) in [6.07, 6.45) is 3.39. The first-order valence-corrected chi connectivity index (χ1v) is 6.32. The summed E-state index contributed by atoms with van der Waals surface area (Å²) >= 11 is 0. The van der Waals surface area contributed by atoms with E-state index >= 15 is 0 Å². The van der Waals surface area contributed by atoms with Gasteiger partial charge in [0.2, 0.25) is 0 Å². The van der Waals surface area contributed by atoms with Gasteiger partial charge in [0.25, 0.3) is 0 Å². The summed E-state index contributed by atoms with van der Waals surface area (Å²) in [5.41, 5.74) is 0.801. The number of hydrogen-bond donors (Lipinski definition) is 1. The second-order valence-corrected chi connectivity index (χ2v) is 4.09. The zero-order valence-electron chi connectivity index (χ0n) is 12.0. The maximum absolute atomic E-state index is 11.3. The third-order valence-electron chi connectivity index (χ3n) is 2.62. The lowest BCUT2D eigenvalue weighted by molar-refractivity contribution is -0.148. The van der Waals surface area contributed by atoms with E-state index in [2.05, 4.69) is 4.74 Å². The third-order valence-corrected chi connectivity index (χ3v) is 2.62. The molecule has 0 saturated carbocycles. The van der Waals surface area contributed by atoms with Crippen LogP contribution in [0.4, 0.5) is 0 Å². The standard InChI is InChI=1S/C15H18O6/c1-19-13-10-11(5-6-12(13)16)4-3-9-21-15(18)8-7-14(17)20-2/h3-6,10,16H,7-9H2,1-2H3. The van der Waals surface area contributed by atoms with Crippen molar-refractivity contribution in [3.8, 4) is 11.5 Å². The van der Waals surface area contributed by atoms with Crippen molar-refractivity contribution < 1.29 is 28.9 Å². The molecule has 1 N–H and O–H groups in total. The number of carbonyl (C=O) groups excluding carboxylic acids is 2. The van der Waals surface area contributed by atoms with Gasteiger partial charge in [-0.15, -0.1) is 0 Å². The van der Waals surface area contributed by atoms with Crippen molar-refractivity contribution in [3.63, 3.8) is 0 Å². The van der Waals surface area contributed by atoms with Crippen LogP contribution in [0.15, 0.2) is 24.3 Å². The average molecular weight is 294 g/mol. The second kappa shape index (κ2) is 8.63. The molecule has 0 unspecified atom stereocenters. The third kappa shape index (κ3) is 5.99. The molecule has 0 aliphatic rings. The van der Waals surface area contributed by atoms with Crippen LogP contribution < -0.4 is 4.74 Å². The molecule has 0 heterocycles.